The van der Waals surface area contributed by atoms with Crippen LogP contribution in [0, 0.1) is 0 Å². The molecule has 0 aliphatic rings. The second-order valence-electron chi connectivity index (χ2n) is 4.78. The van der Waals surface area contributed by atoms with Gasteiger partial charge in [-0.25, -0.2) is 13.1 Å². The molecule has 6 heteroatoms. The highest BCUT2D eigenvalue weighted by Gasteiger charge is 2.27. The molecular weight excluding hydrogens is 264 g/mol. The largest absolute Gasteiger partial charge is 0.495 e. The highest BCUT2D eigenvalue weighted by Crippen LogP contribution is 2.26. The highest BCUT2D eigenvalue weighted by molar-refractivity contribution is 7.89. The van der Waals surface area contributed by atoms with Gasteiger partial charge in [-0.15, -0.1) is 0 Å². The van der Waals surface area contributed by atoms with E-state index in [4.69, 9.17) is 10.5 Å². The van der Waals surface area contributed by atoms with Gasteiger partial charge in [0.05, 0.1) is 17.7 Å². The maximum atomic E-state index is 12.3. The highest BCUT2D eigenvalue weighted by atomic mass is 32.2. The van der Waals surface area contributed by atoms with Crippen LogP contribution in [-0.2, 0) is 10.0 Å². The van der Waals surface area contributed by atoms with Gasteiger partial charge >= 0.3 is 0 Å². The average Bonchev–Trinajstić information content (AvgIpc) is 2.38. The van der Waals surface area contributed by atoms with Crippen molar-refractivity contribution in [1.29, 1.82) is 0 Å². The topological polar surface area (TPSA) is 81.4 Å². The third-order valence-corrected chi connectivity index (χ3v) is 5.09. The number of benzene rings is 1. The number of ether oxygens (including phenoxy) is 1. The molecule has 0 aromatic heterocycles. The van der Waals surface area contributed by atoms with Gasteiger partial charge in [-0.1, -0.05) is 13.8 Å². The predicted octanol–water partition coefficient (Wildman–Crippen LogP) is 2.13. The van der Waals surface area contributed by atoms with Crippen LogP contribution in [0.3, 0.4) is 0 Å². The average molecular weight is 286 g/mol. The number of nitrogens with two attached hydrogens (primary N) is 1. The Balaban J connectivity index is 3.14. The molecule has 0 aliphatic heterocycles. The standard InChI is InChI=1S/C13H22N2O3S/c1-5-13(3,6-2)15-19(16,17)10-7-8-11(14)12(9-10)18-4/h7-9,15H,5-6,14H2,1-4H3. The van der Waals surface area contributed by atoms with Crippen LogP contribution in [0.2, 0.25) is 0 Å². The van der Waals surface area contributed by atoms with Crippen molar-refractivity contribution >= 4 is 15.7 Å². The van der Waals surface area contributed by atoms with Crippen molar-refractivity contribution in [3.63, 3.8) is 0 Å². The van der Waals surface area contributed by atoms with Crippen LogP contribution in [0.15, 0.2) is 23.1 Å². The van der Waals surface area contributed by atoms with E-state index in [9.17, 15) is 8.42 Å². The Morgan fingerprint density at radius 2 is 1.89 bits per heavy atom. The van der Waals surface area contributed by atoms with Gasteiger partial charge in [0.15, 0.2) is 0 Å². The van der Waals surface area contributed by atoms with Crippen molar-refractivity contribution in [1.82, 2.24) is 4.72 Å². The van der Waals surface area contributed by atoms with Gasteiger partial charge < -0.3 is 10.5 Å². The Bertz CT molecular complexity index is 537. The third kappa shape index (κ3) is 3.61. The van der Waals surface area contributed by atoms with Gasteiger partial charge in [0, 0.05) is 11.6 Å². The van der Waals surface area contributed by atoms with Crippen molar-refractivity contribution in [2.24, 2.45) is 0 Å². The normalized spacial score (nSPS) is 12.4. The molecule has 0 aliphatic carbocycles. The SMILES string of the molecule is CCC(C)(CC)NS(=O)(=O)c1ccc(N)c(OC)c1. The number of methoxy groups -OCH3 is 1. The second-order valence-corrected chi connectivity index (χ2v) is 6.46. The van der Waals surface area contributed by atoms with Gasteiger partial charge in [-0.3, -0.25) is 0 Å². The smallest absolute Gasteiger partial charge is 0.241 e. The van der Waals surface area contributed by atoms with Crippen LogP contribution in [0.5, 0.6) is 5.75 Å². The number of hydrogen-bond acceptors (Lipinski definition) is 4. The third-order valence-electron chi connectivity index (χ3n) is 3.46. The maximum absolute atomic E-state index is 12.3. The first-order valence-corrected chi connectivity index (χ1v) is 7.74. The first-order valence-electron chi connectivity index (χ1n) is 6.25. The Kier molecular flexibility index (Phi) is 4.81. The molecule has 0 spiro atoms. The molecule has 19 heavy (non-hydrogen) atoms. The van der Waals surface area contributed by atoms with E-state index in [0.717, 1.165) is 12.8 Å². The van der Waals surface area contributed by atoms with Crippen LogP contribution < -0.4 is 15.2 Å². The molecule has 0 amide bonds. The summed E-state index contributed by atoms with van der Waals surface area (Å²) in [4.78, 5) is 0.159. The van der Waals surface area contributed by atoms with E-state index in [2.05, 4.69) is 4.72 Å². The lowest BCUT2D eigenvalue weighted by atomic mass is 9.98. The monoisotopic (exact) mass is 286 g/mol. The fraction of sp³-hybridized carbons (Fsp3) is 0.538. The summed E-state index contributed by atoms with van der Waals surface area (Å²) in [5, 5.41) is 0. The lowest BCUT2D eigenvalue weighted by Gasteiger charge is -2.27. The van der Waals surface area contributed by atoms with E-state index in [-0.39, 0.29) is 4.90 Å². The minimum absolute atomic E-state index is 0.159. The molecule has 5 nitrogen and oxygen atoms in total. The van der Waals surface area contributed by atoms with E-state index in [1.165, 1.54) is 25.3 Å². The van der Waals surface area contributed by atoms with Gasteiger partial charge in [0.1, 0.15) is 5.75 Å². The van der Waals surface area contributed by atoms with Crippen molar-refractivity contribution in [3.8, 4) is 5.75 Å². The summed E-state index contributed by atoms with van der Waals surface area (Å²) in [7, 11) is -2.12. The molecule has 0 atom stereocenters. The van der Waals surface area contributed by atoms with Crippen molar-refractivity contribution in [2.75, 3.05) is 12.8 Å². The molecule has 0 saturated carbocycles. The summed E-state index contributed by atoms with van der Waals surface area (Å²) in [6.07, 6.45) is 1.43. The van der Waals surface area contributed by atoms with Crippen LogP contribution >= 0.6 is 0 Å². The fourth-order valence-electron chi connectivity index (χ4n) is 1.64. The lowest BCUT2D eigenvalue weighted by molar-refractivity contribution is 0.388. The summed E-state index contributed by atoms with van der Waals surface area (Å²) in [6, 6.07) is 4.44. The Morgan fingerprint density at radius 3 is 2.37 bits per heavy atom. The molecule has 108 valence electrons. The van der Waals surface area contributed by atoms with Crippen molar-refractivity contribution in [2.45, 2.75) is 44.0 Å². The predicted molar refractivity (Wildman–Crippen MR) is 76.7 cm³/mol. The summed E-state index contributed by atoms with van der Waals surface area (Å²) in [5.41, 5.74) is 5.64. The van der Waals surface area contributed by atoms with Crippen LogP contribution in [0.1, 0.15) is 33.6 Å². The van der Waals surface area contributed by atoms with Crippen molar-refractivity contribution in [3.05, 3.63) is 18.2 Å². The zero-order valence-electron chi connectivity index (χ0n) is 11.9. The number of sulfonamides is 1. The molecule has 0 heterocycles. The summed E-state index contributed by atoms with van der Waals surface area (Å²) in [6.45, 7) is 5.80. The van der Waals surface area contributed by atoms with Gasteiger partial charge in [-0.2, -0.15) is 0 Å². The van der Waals surface area contributed by atoms with Gasteiger partial charge in [0.2, 0.25) is 10.0 Å². The Labute approximate surface area is 115 Å². The quantitative estimate of drug-likeness (QED) is 0.785. The second kappa shape index (κ2) is 5.79. The van der Waals surface area contributed by atoms with Crippen LogP contribution in [-0.4, -0.2) is 21.1 Å². The number of anilines is 1. The molecule has 0 bridgehead atoms. The molecule has 1 aromatic carbocycles. The van der Waals surface area contributed by atoms with Crippen LogP contribution in [0.25, 0.3) is 0 Å². The number of nitrogen functional groups attached to an aromatic ring is 1. The van der Waals surface area contributed by atoms with Gasteiger partial charge in [0.25, 0.3) is 0 Å². The molecule has 0 radical (unpaired) electrons. The molecule has 0 unspecified atom stereocenters. The number of hydrogen-bond donors (Lipinski definition) is 2. The fourth-order valence-corrected chi connectivity index (χ4v) is 3.20. The summed E-state index contributed by atoms with van der Waals surface area (Å²) >= 11 is 0. The molecule has 0 saturated heterocycles. The molecule has 1 aromatic rings. The van der Waals surface area contributed by atoms with Crippen molar-refractivity contribution < 1.29 is 13.2 Å². The Morgan fingerprint density at radius 1 is 1.32 bits per heavy atom. The van der Waals surface area contributed by atoms with E-state index < -0.39 is 15.6 Å². The summed E-state index contributed by atoms with van der Waals surface area (Å²) in [5.74, 6) is 0.359. The van der Waals surface area contributed by atoms with E-state index in [0.29, 0.717) is 11.4 Å². The lowest BCUT2D eigenvalue weighted by Crippen LogP contribution is -2.44. The van der Waals surface area contributed by atoms with E-state index in [1.54, 1.807) is 0 Å². The van der Waals surface area contributed by atoms with Gasteiger partial charge in [-0.05, 0) is 31.9 Å². The zero-order chi connectivity index (χ0) is 14.7. The van der Waals surface area contributed by atoms with E-state index >= 15 is 0 Å². The minimum atomic E-state index is -3.58. The summed E-state index contributed by atoms with van der Waals surface area (Å²) < 4.78 is 32.5. The molecular formula is C13H22N2O3S. The number of rotatable bonds is 6. The first-order chi connectivity index (χ1) is 8.78. The van der Waals surface area contributed by atoms with Crippen LogP contribution in [0.4, 0.5) is 5.69 Å². The maximum Gasteiger partial charge on any atom is 0.241 e. The Hall–Kier alpha value is -1.27. The van der Waals surface area contributed by atoms with E-state index in [1.807, 2.05) is 20.8 Å². The number of nitrogens with one attached hydrogen (secondary N) is 1. The zero-order valence-corrected chi connectivity index (χ0v) is 12.7. The minimum Gasteiger partial charge on any atom is -0.495 e. The molecule has 3 N–H and O–H groups in total. The molecule has 0 fully saturated rings. The molecule has 1 rings (SSSR count). The first kappa shape index (κ1) is 15.8.